The second-order valence-corrected chi connectivity index (χ2v) is 2.08. The minimum Gasteiger partial charge on any atom is -0.364 e. The largest absolute Gasteiger partial charge is 0.364 e. The fraction of sp³-hybridized carbons (Fsp3) is 0.143. The van der Waals surface area contributed by atoms with Gasteiger partial charge in [-0.2, -0.15) is 0 Å². The summed E-state index contributed by atoms with van der Waals surface area (Å²) in [6, 6.07) is 3.90. The summed E-state index contributed by atoms with van der Waals surface area (Å²) in [4.78, 5) is 8.13. The van der Waals surface area contributed by atoms with Gasteiger partial charge in [-0.3, -0.25) is 9.98 Å². The lowest BCUT2D eigenvalue weighted by Crippen LogP contribution is -2.08. The molecule has 0 bridgehead atoms. The van der Waals surface area contributed by atoms with Crippen LogP contribution in [0.1, 0.15) is 5.69 Å². The number of pyridine rings is 1. The van der Waals surface area contributed by atoms with Gasteiger partial charge in [0.25, 0.3) is 0 Å². The molecule has 0 unspecified atom stereocenters. The van der Waals surface area contributed by atoms with Crippen molar-refractivity contribution in [2.45, 2.75) is 0 Å². The highest BCUT2D eigenvalue weighted by atomic mass is 15.0. The Morgan fingerprint density at radius 3 is 3.40 bits per heavy atom. The van der Waals surface area contributed by atoms with Crippen molar-refractivity contribution < 1.29 is 0 Å². The zero-order valence-corrected chi connectivity index (χ0v) is 5.41. The van der Waals surface area contributed by atoms with Crippen LogP contribution in [0.5, 0.6) is 0 Å². The van der Waals surface area contributed by atoms with Gasteiger partial charge in [-0.15, -0.1) is 0 Å². The molecule has 3 heteroatoms. The number of anilines is 1. The van der Waals surface area contributed by atoms with Crippen LogP contribution in [0.3, 0.4) is 0 Å². The van der Waals surface area contributed by atoms with Gasteiger partial charge in [0.15, 0.2) is 0 Å². The molecule has 0 radical (unpaired) electrons. The summed E-state index contributed by atoms with van der Waals surface area (Å²) >= 11 is 0. The minimum absolute atomic E-state index is 0.665. The third-order valence-corrected chi connectivity index (χ3v) is 1.41. The monoisotopic (exact) mass is 133 g/mol. The van der Waals surface area contributed by atoms with Crippen molar-refractivity contribution in [2.24, 2.45) is 4.99 Å². The average molecular weight is 133 g/mol. The van der Waals surface area contributed by atoms with Crippen molar-refractivity contribution in [3.8, 4) is 0 Å². The van der Waals surface area contributed by atoms with Gasteiger partial charge in [0.1, 0.15) is 12.4 Å². The highest BCUT2D eigenvalue weighted by molar-refractivity contribution is 5.86. The topological polar surface area (TPSA) is 37.3 Å². The second kappa shape index (κ2) is 2.10. The summed E-state index contributed by atoms with van der Waals surface area (Å²) in [6.07, 6.45) is 3.55. The van der Waals surface area contributed by atoms with E-state index in [1.807, 2.05) is 12.1 Å². The van der Waals surface area contributed by atoms with Crippen LogP contribution in [0.4, 0.5) is 5.69 Å². The maximum atomic E-state index is 4.11. The standard InChI is InChI=1S/C7H7N3/c1-2-6-7(9-3-1)4-8-5-10-6/h1-4,10H,5H2. The zero-order valence-electron chi connectivity index (χ0n) is 5.41. The Balaban J connectivity index is 2.54. The van der Waals surface area contributed by atoms with E-state index in [-0.39, 0.29) is 0 Å². The van der Waals surface area contributed by atoms with E-state index in [9.17, 15) is 0 Å². The van der Waals surface area contributed by atoms with Gasteiger partial charge in [0.05, 0.1) is 11.9 Å². The average Bonchev–Trinajstić information content (AvgIpc) is 2.05. The van der Waals surface area contributed by atoms with Crippen molar-refractivity contribution in [3.05, 3.63) is 24.0 Å². The van der Waals surface area contributed by atoms with Crippen molar-refractivity contribution in [2.75, 3.05) is 12.0 Å². The van der Waals surface area contributed by atoms with E-state index >= 15 is 0 Å². The lowest BCUT2D eigenvalue weighted by atomic mass is 10.3. The van der Waals surface area contributed by atoms with Crippen LogP contribution in [0.25, 0.3) is 0 Å². The van der Waals surface area contributed by atoms with Crippen molar-refractivity contribution in [1.29, 1.82) is 0 Å². The van der Waals surface area contributed by atoms with Crippen LogP contribution in [-0.2, 0) is 0 Å². The Morgan fingerprint density at radius 2 is 2.50 bits per heavy atom. The molecule has 0 saturated carbocycles. The first-order valence-corrected chi connectivity index (χ1v) is 3.15. The normalized spacial score (nSPS) is 14.0. The van der Waals surface area contributed by atoms with E-state index in [4.69, 9.17) is 0 Å². The summed E-state index contributed by atoms with van der Waals surface area (Å²) < 4.78 is 0. The molecule has 0 aromatic carbocycles. The van der Waals surface area contributed by atoms with Crippen LogP contribution >= 0.6 is 0 Å². The predicted octanol–water partition coefficient (Wildman–Crippen LogP) is 0.883. The van der Waals surface area contributed by atoms with Gasteiger partial charge in [-0.25, -0.2) is 0 Å². The van der Waals surface area contributed by atoms with Crippen LogP contribution in [-0.4, -0.2) is 17.9 Å². The molecule has 1 aliphatic heterocycles. The maximum absolute atomic E-state index is 4.11. The molecule has 10 heavy (non-hydrogen) atoms. The number of hydrogen-bond acceptors (Lipinski definition) is 3. The highest BCUT2D eigenvalue weighted by Crippen LogP contribution is 2.11. The van der Waals surface area contributed by atoms with Crippen LogP contribution in [0.2, 0.25) is 0 Å². The first kappa shape index (κ1) is 5.41. The molecule has 1 aliphatic rings. The fourth-order valence-corrected chi connectivity index (χ4v) is 0.933. The van der Waals surface area contributed by atoms with Crippen LogP contribution in [0, 0.1) is 0 Å². The molecule has 0 atom stereocenters. The lowest BCUT2D eigenvalue weighted by molar-refractivity contribution is 1.10. The Morgan fingerprint density at radius 1 is 1.50 bits per heavy atom. The summed E-state index contributed by atoms with van der Waals surface area (Å²) in [5.74, 6) is 0. The number of rotatable bonds is 0. The summed E-state index contributed by atoms with van der Waals surface area (Å²) in [7, 11) is 0. The SMILES string of the molecule is C1=NCNc2cccnc21. The minimum atomic E-state index is 0.665. The predicted molar refractivity (Wildman–Crippen MR) is 40.3 cm³/mol. The summed E-state index contributed by atoms with van der Waals surface area (Å²) in [5, 5.41) is 3.10. The van der Waals surface area contributed by atoms with Gasteiger partial charge in [0, 0.05) is 6.20 Å². The molecule has 50 valence electrons. The first-order valence-electron chi connectivity index (χ1n) is 3.15. The molecule has 0 saturated heterocycles. The molecule has 0 aliphatic carbocycles. The molecular formula is C7H7N3. The number of nitrogens with one attached hydrogen (secondary N) is 1. The smallest absolute Gasteiger partial charge is 0.107 e. The van der Waals surface area contributed by atoms with E-state index in [2.05, 4.69) is 15.3 Å². The van der Waals surface area contributed by atoms with Crippen molar-refractivity contribution in [1.82, 2.24) is 4.98 Å². The second-order valence-electron chi connectivity index (χ2n) is 2.08. The number of hydrogen-bond donors (Lipinski definition) is 1. The molecule has 0 amide bonds. The molecule has 0 spiro atoms. The number of aliphatic imine (C=N–C) groups is 1. The third-order valence-electron chi connectivity index (χ3n) is 1.41. The third kappa shape index (κ3) is 0.757. The molecule has 2 heterocycles. The molecule has 2 rings (SSSR count). The van der Waals surface area contributed by atoms with Gasteiger partial charge < -0.3 is 5.32 Å². The number of nitrogens with zero attached hydrogens (tertiary/aromatic N) is 2. The van der Waals surface area contributed by atoms with Crippen LogP contribution in [0.15, 0.2) is 23.3 Å². The first-order chi connectivity index (χ1) is 4.97. The molecular weight excluding hydrogens is 126 g/mol. The molecule has 0 fully saturated rings. The Hall–Kier alpha value is -1.38. The van der Waals surface area contributed by atoms with Crippen molar-refractivity contribution in [3.63, 3.8) is 0 Å². The molecule has 1 aromatic heterocycles. The Labute approximate surface area is 58.8 Å². The van der Waals surface area contributed by atoms with Gasteiger partial charge in [-0.1, -0.05) is 0 Å². The fourth-order valence-electron chi connectivity index (χ4n) is 0.933. The zero-order chi connectivity index (χ0) is 6.81. The molecule has 3 nitrogen and oxygen atoms in total. The van der Waals surface area contributed by atoms with E-state index in [0.717, 1.165) is 11.4 Å². The van der Waals surface area contributed by atoms with Crippen molar-refractivity contribution >= 4 is 11.9 Å². The number of fused-ring (bicyclic) bond motifs is 1. The van der Waals surface area contributed by atoms with E-state index in [1.54, 1.807) is 12.4 Å². The molecule has 1 N–H and O–H groups in total. The highest BCUT2D eigenvalue weighted by Gasteiger charge is 2.01. The summed E-state index contributed by atoms with van der Waals surface area (Å²) in [5.41, 5.74) is 1.99. The van der Waals surface area contributed by atoms with Gasteiger partial charge in [-0.05, 0) is 12.1 Å². The summed E-state index contributed by atoms with van der Waals surface area (Å²) in [6.45, 7) is 0.665. The van der Waals surface area contributed by atoms with E-state index < -0.39 is 0 Å². The lowest BCUT2D eigenvalue weighted by Gasteiger charge is -2.09. The maximum Gasteiger partial charge on any atom is 0.107 e. The quantitative estimate of drug-likeness (QED) is 0.570. The van der Waals surface area contributed by atoms with Gasteiger partial charge in [0.2, 0.25) is 0 Å². The van der Waals surface area contributed by atoms with E-state index in [0.29, 0.717) is 6.67 Å². The van der Waals surface area contributed by atoms with E-state index in [1.165, 1.54) is 0 Å². The van der Waals surface area contributed by atoms with Crippen LogP contribution < -0.4 is 5.32 Å². The Bertz CT molecular complexity index is 267. The Kier molecular flexibility index (Phi) is 1.13. The molecule has 1 aromatic rings. The van der Waals surface area contributed by atoms with Gasteiger partial charge >= 0.3 is 0 Å². The number of aromatic nitrogens is 1.